The van der Waals surface area contributed by atoms with E-state index in [0.29, 0.717) is 6.07 Å². The van der Waals surface area contributed by atoms with Crippen LogP contribution in [0.25, 0.3) is 33.4 Å². The topological polar surface area (TPSA) is 176 Å². The molecule has 0 amide bonds. The Kier molecular flexibility index (Phi) is 8.84. The molecule has 5 rings (SSSR count). The van der Waals surface area contributed by atoms with Gasteiger partial charge in [0.05, 0.1) is 27.8 Å². The second kappa shape index (κ2) is 12.8. The Balaban J connectivity index is 1.93. The van der Waals surface area contributed by atoms with Crippen LogP contribution in [0.15, 0.2) is 59.7 Å². The van der Waals surface area contributed by atoms with Gasteiger partial charge in [-0.25, -0.2) is 0 Å². The number of rotatable bonds is 3. The van der Waals surface area contributed by atoms with E-state index in [4.69, 9.17) is 0 Å². The zero-order valence-corrected chi connectivity index (χ0v) is 25.6. The van der Waals surface area contributed by atoms with E-state index in [2.05, 4.69) is 4.74 Å². The molecule has 0 radical (unpaired) electrons. The minimum Gasteiger partial charge on any atom is -0.404 e. The molecule has 8 nitrogen and oxygen atoms in total. The van der Waals surface area contributed by atoms with Crippen molar-refractivity contribution >= 4 is 33.4 Å². The molecule has 0 atom stereocenters. The van der Waals surface area contributed by atoms with Gasteiger partial charge in [0.25, 0.3) is 0 Å². The fourth-order valence-corrected chi connectivity index (χ4v) is 5.90. The van der Waals surface area contributed by atoms with Crippen LogP contribution in [0.3, 0.4) is 0 Å². The summed E-state index contributed by atoms with van der Waals surface area (Å²) in [4.78, 5) is 0. The van der Waals surface area contributed by atoms with Crippen molar-refractivity contribution in [3.05, 3.63) is 110 Å². The summed E-state index contributed by atoms with van der Waals surface area (Å²) in [6.45, 7) is 0. The minimum atomic E-state index is -5.34. The van der Waals surface area contributed by atoms with Crippen molar-refractivity contribution < 1.29 is 44.3 Å². The number of nitrogens with zero attached hydrogens (tertiary/aromatic N) is 7. The Morgan fingerprint density at radius 1 is 0.491 bits per heavy atom. The summed E-state index contributed by atoms with van der Waals surface area (Å²) in [5, 5.41) is 69.5. The van der Waals surface area contributed by atoms with Crippen LogP contribution in [0.2, 0.25) is 0 Å². The molecule has 0 bridgehead atoms. The van der Waals surface area contributed by atoms with Gasteiger partial charge in [-0.05, 0) is 64.7 Å². The molecule has 3 aromatic carbocycles. The van der Waals surface area contributed by atoms with E-state index >= 15 is 0 Å². The van der Waals surface area contributed by atoms with Gasteiger partial charge in [0, 0.05) is 33.4 Å². The van der Waals surface area contributed by atoms with Crippen LogP contribution in [0.5, 0.6) is 5.75 Å². The molecule has 0 aromatic heterocycles. The molecule has 17 heteroatoms. The number of alkyl halides is 9. The number of allylic oxidation sites excluding steroid dienone is 8. The SMILES string of the molecule is N#CC(C#N)=C1C(c2cc(C(F)(F)F)cc(C(F)(F)F)c2)=C(C#N)c2cc3c(cc21)C(=C(C#N)C#N)C(c1ccc(C#N)c(OC(F)(F)F)c1)=C3C#N. The summed E-state index contributed by atoms with van der Waals surface area (Å²) < 4.78 is 127. The van der Waals surface area contributed by atoms with E-state index in [-0.39, 0.29) is 51.6 Å². The monoisotopic (exact) mass is 725 g/mol. The molecular formula is C36H8F9N7O. The molecule has 0 heterocycles. The van der Waals surface area contributed by atoms with Gasteiger partial charge in [-0.2, -0.15) is 63.2 Å². The normalized spacial score (nSPS) is 13.4. The zero-order valence-electron chi connectivity index (χ0n) is 25.6. The third-order valence-corrected chi connectivity index (χ3v) is 7.90. The first-order valence-corrected chi connectivity index (χ1v) is 14.0. The predicted molar refractivity (Wildman–Crippen MR) is 162 cm³/mol. The predicted octanol–water partition coefficient (Wildman–Crippen LogP) is 8.99. The highest BCUT2D eigenvalue weighted by Crippen LogP contribution is 2.55. The lowest BCUT2D eigenvalue weighted by molar-refractivity contribution is -0.274. The van der Waals surface area contributed by atoms with E-state index in [0.717, 1.165) is 24.3 Å². The fourth-order valence-electron chi connectivity index (χ4n) is 5.90. The Hall–Kier alpha value is -7.78. The molecule has 0 saturated carbocycles. The van der Waals surface area contributed by atoms with Gasteiger partial charge >= 0.3 is 18.7 Å². The second-order valence-electron chi connectivity index (χ2n) is 10.8. The van der Waals surface area contributed by atoms with Crippen LogP contribution in [0.1, 0.15) is 50.1 Å². The smallest absolute Gasteiger partial charge is 0.404 e. The standard InChI is InChI=1S/C36H8F9N7O/c37-34(38,39)21-3-18(4-22(6-21)35(40,41)42)31-28(15-52)24-7-23-25(8-26(24)33(31)20(12-49)13-50)32(19(10-47)11-48)30(27(23)14-51)16-1-2-17(9-46)29(5-16)53-36(43,44)45/h1-8H. The average Bonchev–Trinajstić information content (AvgIpc) is 3.58. The molecule has 0 fully saturated rings. The Bertz CT molecular complexity index is 2560. The molecule has 53 heavy (non-hydrogen) atoms. The highest BCUT2D eigenvalue weighted by atomic mass is 19.4. The van der Waals surface area contributed by atoms with E-state index in [9.17, 15) is 76.3 Å². The number of nitriles is 7. The van der Waals surface area contributed by atoms with Crippen LogP contribution in [0.4, 0.5) is 39.5 Å². The molecule has 2 aliphatic rings. The highest BCUT2D eigenvalue weighted by Gasteiger charge is 2.41. The lowest BCUT2D eigenvalue weighted by Crippen LogP contribution is -2.18. The zero-order chi connectivity index (χ0) is 39.2. The van der Waals surface area contributed by atoms with Gasteiger partial charge in [0.15, 0.2) is 0 Å². The molecule has 0 unspecified atom stereocenters. The quantitative estimate of drug-likeness (QED) is 0.190. The first kappa shape index (κ1) is 36.5. The van der Waals surface area contributed by atoms with Gasteiger partial charge in [-0.1, -0.05) is 6.07 Å². The first-order chi connectivity index (χ1) is 24.9. The Morgan fingerprint density at radius 3 is 1.30 bits per heavy atom. The Morgan fingerprint density at radius 2 is 0.925 bits per heavy atom. The molecule has 256 valence electrons. The number of halogens is 9. The van der Waals surface area contributed by atoms with Gasteiger partial charge in [0.1, 0.15) is 59.4 Å². The van der Waals surface area contributed by atoms with Crippen molar-refractivity contribution in [3.8, 4) is 48.2 Å². The number of ether oxygens (including phenoxy) is 1. The molecular weight excluding hydrogens is 717 g/mol. The number of hydrogen-bond acceptors (Lipinski definition) is 8. The summed E-state index contributed by atoms with van der Waals surface area (Å²) >= 11 is 0. The van der Waals surface area contributed by atoms with E-state index in [1.807, 2.05) is 0 Å². The van der Waals surface area contributed by atoms with Crippen LogP contribution in [-0.4, -0.2) is 6.36 Å². The van der Waals surface area contributed by atoms with Crippen molar-refractivity contribution in [3.63, 3.8) is 0 Å². The van der Waals surface area contributed by atoms with Crippen molar-refractivity contribution in [2.24, 2.45) is 0 Å². The molecule has 0 saturated heterocycles. The maximum Gasteiger partial charge on any atom is 0.573 e. The fraction of sp³-hybridized carbons (Fsp3) is 0.0833. The van der Waals surface area contributed by atoms with Crippen LogP contribution < -0.4 is 4.74 Å². The van der Waals surface area contributed by atoms with Crippen molar-refractivity contribution in [1.82, 2.24) is 0 Å². The third-order valence-electron chi connectivity index (χ3n) is 7.90. The highest BCUT2D eigenvalue weighted by molar-refractivity contribution is 6.30. The summed E-state index contributed by atoms with van der Waals surface area (Å²) in [6.07, 6.45) is -16.0. The van der Waals surface area contributed by atoms with E-state index < -0.39 is 85.7 Å². The van der Waals surface area contributed by atoms with Gasteiger partial charge < -0.3 is 4.74 Å². The molecule has 0 N–H and O–H groups in total. The van der Waals surface area contributed by atoms with Crippen LogP contribution in [0, 0.1) is 79.3 Å². The summed E-state index contributed by atoms with van der Waals surface area (Å²) in [5.41, 5.74) is -11.0. The third kappa shape index (κ3) is 6.26. The molecule has 2 aliphatic carbocycles. The Labute approximate surface area is 291 Å². The average molecular weight is 725 g/mol. The summed E-state index contributed by atoms with van der Waals surface area (Å²) in [5.74, 6) is -1.02. The van der Waals surface area contributed by atoms with Gasteiger partial charge in [-0.15, -0.1) is 13.2 Å². The number of benzene rings is 3. The second-order valence-corrected chi connectivity index (χ2v) is 10.8. The number of fused-ring (bicyclic) bond motifs is 2. The van der Waals surface area contributed by atoms with E-state index in [1.165, 1.54) is 18.2 Å². The van der Waals surface area contributed by atoms with Gasteiger partial charge in [-0.3, -0.25) is 0 Å². The maximum absolute atomic E-state index is 13.9. The lowest BCUT2D eigenvalue weighted by atomic mass is 9.88. The van der Waals surface area contributed by atoms with Crippen molar-refractivity contribution in [2.75, 3.05) is 0 Å². The van der Waals surface area contributed by atoms with Crippen molar-refractivity contribution in [2.45, 2.75) is 18.7 Å². The molecule has 3 aromatic rings. The van der Waals surface area contributed by atoms with Gasteiger partial charge in [0.2, 0.25) is 0 Å². The molecule has 0 aliphatic heterocycles. The summed E-state index contributed by atoms with van der Waals surface area (Å²) in [7, 11) is 0. The molecule has 0 spiro atoms. The summed E-state index contributed by atoms with van der Waals surface area (Å²) in [6, 6.07) is 16.4. The maximum atomic E-state index is 13.9. The largest absolute Gasteiger partial charge is 0.573 e. The van der Waals surface area contributed by atoms with Crippen molar-refractivity contribution in [1.29, 1.82) is 36.8 Å². The van der Waals surface area contributed by atoms with E-state index in [1.54, 1.807) is 24.3 Å². The first-order valence-electron chi connectivity index (χ1n) is 14.0. The minimum absolute atomic E-state index is 0.173. The lowest BCUT2D eigenvalue weighted by Gasteiger charge is -2.16. The van der Waals surface area contributed by atoms with Crippen LogP contribution in [-0.2, 0) is 12.4 Å². The number of hydrogen-bond donors (Lipinski definition) is 0. The van der Waals surface area contributed by atoms with Crippen LogP contribution >= 0.6 is 0 Å².